The van der Waals surface area contributed by atoms with E-state index in [0.717, 1.165) is 5.69 Å². The summed E-state index contributed by atoms with van der Waals surface area (Å²) in [6.45, 7) is 1.07. The second kappa shape index (κ2) is 5.22. The zero-order valence-corrected chi connectivity index (χ0v) is 11.7. The molecule has 0 amide bonds. The first-order chi connectivity index (χ1) is 9.63. The summed E-state index contributed by atoms with van der Waals surface area (Å²) in [4.78, 5) is 8.01. The molecule has 20 heavy (non-hydrogen) atoms. The van der Waals surface area contributed by atoms with Gasteiger partial charge in [-0.15, -0.1) is 0 Å². The van der Waals surface area contributed by atoms with E-state index in [-0.39, 0.29) is 21.9 Å². The van der Waals surface area contributed by atoms with Crippen LogP contribution in [0.3, 0.4) is 0 Å². The number of nitrogens with one attached hydrogen (secondary N) is 1. The molecule has 1 aliphatic rings. The molecule has 0 saturated carbocycles. The lowest BCUT2D eigenvalue weighted by molar-refractivity contribution is 0.171. The maximum Gasteiger partial charge on any atom is 0.230 e. The van der Waals surface area contributed by atoms with E-state index < -0.39 is 0 Å². The van der Waals surface area contributed by atoms with Gasteiger partial charge in [-0.2, -0.15) is 9.97 Å². The van der Waals surface area contributed by atoms with Crippen molar-refractivity contribution in [2.45, 2.75) is 0 Å². The Morgan fingerprint density at radius 3 is 2.60 bits per heavy atom. The van der Waals surface area contributed by atoms with Crippen molar-refractivity contribution in [1.82, 2.24) is 9.97 Å². The molecule has 0 radical (unpaired) electrons. The summed E-state index contributed by atoms with van der Waals surface area (Å²) >= 11 is 11.7. The number of ether oxygens (including phenoxy) is 2. The summed E-state index contributed by atoms with van der Waals surface area (Å²) < 4.78 is 10.9. The van der Waals surface area contributed by atoms with Crippen LogP contribution in [-0.4, -0.2) is 23.2 Å². The van der Waals surface area contributed by atoms with Gasteiger partial charge in [-0.25, -0.2) is 0 Å². The molecule has 0 atom stereocenters. The number of hydrogen-bond acceptors (Lipinski definition) is 6. The molecule has 3 N–H and O–H groups in total. The number of anilines is 3. The molecule has 6 nitrogen and oxygen atoms in total. The molecule has 0 fully saturated rings. The number of hydrogen-bond donors (Lipinski definition) is 2. The minimum atomic E-state index is 0.0965. The normalized spacial score (nSPS) is 13.1. The van der Waals surface area contributed by atoms with Crippen LogP contribution in [0.2, 0.25) is 10.2 Å². The Bertz CT molecular complexity index is 643. The molecule has 104 valence electrons. The van der Waals surface area contributed by atoms with Gasteiger partial charge in [0.1, 0.15) is 24.1 Å². The molecule has 0 aliphatic carbocycles. The van der Waals surface area contributed by atoms with Crippen LogP contribution in [-0.2, 0) is 0 Å². The number of nitrogens with two attached hydrogens (primary N) is 1. The fraction of sp³-hybridized carbons (Fsp3) is 0.167. The monoisotopic (exact) mass is 312 g/mol. The van der Waals surface area contributed by atoms with Gasteiger partial charge >= 0.3 is 0 Å². The van der Waals surface area contributed by atoms with Crippen LogP contribution >= 0.6 is 23.2 Å². The first-order valence-corrected chi connectivity index (χ1v) is 6.54. The first-order valence-electron chi connectivity index (χ1n) is 5.78. The third kappa shape index (κ3) is 2.52. The molecule has 1 aromatic heterocycles. The van der Waals surface area contributed by atoms with Crippen LogP contribution in [0.15, 0.2) is 18.2 Å². The SMILES string of the molecule is Nc1nc(Nc2ccc3c(c2)OCCO3)nc(Cl)c1Cl. The van der Waals surface area contributed by atoms with Crippen molar-refractivity contribution in [3.63, 3.8) is 0 Å². The fourth-order valence-corrected chi connectivity index (χ4v) is 2.00. The van der Waals surface area contributed by atoms with Gasteiger partial charge in [0.15, 0.2) is 16.7 Å². The highest BCUT2D eigenvalue weighted by atomic mass is 35.5. The van der Waals surface area contributed by atoms with Crippen LogP contribution in [0, 0.1) is 0 Å². The van der Waals surface area contributed by atoms with Gasteiger partial charge in [-0.05, 0) is 12.1 Å². The molecule has 8 heteroatoms. The van der Waals surface area contributed by atoms with Gasteiger partial charge < -0.3 is 20.5 Å². The van der Waals surface area contributed by atoms with Gasteiger partial charge in [0.05, 0.1) is 0 Å². The lowest BCUT2D eigenvalue weighted by Gasteiger charge is -2.19. The number of aromatic nitrogens is 2. The van der Waals surface area contributed by atoms with Gasteiger partial charge in [-0.1, -0.05) is 23.2 Å². The Morgan fingerprint density at radius 2 is 1.85 bits per heavy atom. The molecule has 0 bridgehead atoms. The molecule has 0 unspecified atom stereocenters. The third-order valence-electron chi connectivity index (χ3n) is 2.63. The highest BCUT2D eigenvalue weighted by Gasteiger charge is 2.13. The van der Waals surface area contributed by atoms with E-state index in [4.69, 9.17) is 38.4 Å². The second-order valence-corrected chi connectivity index (χ2v) is 4.76. The summed E-state index contributed by atoms with van der Waals surface area (Å²) in [5.74, 6) is 1.74. The summed E-state index contributed by atoms with van der Waals surface area (Å²) in [7, 11) is 0. The zero-order chi connectivity index (χ0) is 14.1. The van der Waals surface area contributed by atoms with Crippen molar-refractivity contribution in [2.75, 3.05) is 24.3 Å². The first kappa shape index (κ1) is 13.1. The number of nitrogens with zero attached hydrogens (tertiary/aromatic N) is 2. The van der Waals surface area contributed by atoms with E-state index in [1.165, 1.54) is 0 Å². The van der Waals surface area contributed by atoms with Crippen LogP contribution in [0.25, 0.3) is 0 Å². The minimum Gasteiger partial charge on any atom is -0.486 e. The van der Waals surface area contributed by atoms with Crippen LogP contribution in [0.1, 0.15) is 0 Å². The molecule has 3 rings (SSSR count). The lowest BCUT2D eigenvalue weighted by atomic mass is 10.2. The second-order valence-electron chi connectivity index (χ2n) is 4.02. The fourth-order valence-electron chi connectivity index (χ4n) is 1.74. The summed E-state index contributed by atoms with van der Waals surface area (Å²) in [6, 6.07) is 5.41. The topological polar surface area (TPSA) is 82.3 Å². The molecule has 1 aliphatic heterocycles. The van der Waals surface area contributed by atoms with E-state index >= 15 is 0 Å². The Morgan fingerprint density at radius 1 is 1.10 bits per heavy atom. The van der Waals surface area contributed by atoms with Crippen molar-refractivity contribution in [1.29, 1.82) is 0 Å². The minimum absolute atomic E-state index is 0.0965. The smallest absolute Gasteiger partial charge is 0.230 e. The van der Waals surface area contributed by atoms with Gasteiger partial charge in [0, 0.05) is 11.8 Å². The average molecular weight is 313 g/mol. The quantitative estimate of drug-likeness (QED) is 0.830. The van der Waals surface area contributed by atoms with E-state index in [1.807, 2.05) is 6.07 Å². The van der Waals surface area contributed by atoms with E-state index in [2.05, 4.69) is 15.3 Å². The van der Waals surface area contributed by atoms with Crippen molar-refractivity contribution in [2.24, 2.45) is 0 Å². The Labute approximate surface area is 124 Å². The Balaban J connectivity index is 1.88. The molecular formula is C12H10Cl2N4O2. The standard InChI is InChI=1S/C12H10Cl2N4O2/c13-9-10(14)17-12(18-11(9)15)16-6-1-2-7-8(5-6)20-4-3-19-7/h1-2,5H,3-4H2,(H3,15,16,17,18). The van der Waals surface area contributed by atoms with Crippen molar-refractivity contribution in [3.8, 4) is 11.5 Å². The molecule has 0 saturated heterocycles. The predicted molar refractivity (Wildman–Crippen MR) is 77.2 cm³/mol. The lowest BCUT2D eigenvalue weighted by Crippen LogP contribution is -2.15. The number of halogens is 2. The average Bonchev–Trinajstić information content (AvgIpc) is 2.44. The van der Waals surface area contributed by atoms with E-state index in [9.17, 15) is 0 Å². The third-order valence-corrected chi connectivity index (χ3v) is 3.38. The van der Waals surface area contributed by atoms with E-state index in [1.54, 1.807) is 12.1 Å². The molecule has 2 aromatic rings. The van der Waals surface area contributed by atoms with Gasteiger partial charge in [0.2, 0.25) is 5.95 Å². The highest BCUT2D eigenvalue weighted by Crippen LogP contribution is 2.34. The number of rotatable bonds is 2. The van der Waals surface area contributed by atoms with Crippen molar-refractivity contribution in [3.05, 3.63) is 28.4 Å². The van der Waals surface area contributed by atoms with Crippen molar-refractivity contribution < 1.29 is 9.47 Å². The van der Waals surface area contributed by atoms with Gasteiger partial charge in [-0.3, -0.25) is 0 Å². The molecule has 0 spiro atoms. The number of nitrogen functional groups attached to an aromatic ring is 1. The zero-order valence-electron chi connectivity index (χ0n) is 10.2. The highest BCUT2D eigenvalue weighted by molar-refractivity contribution is 6.42. The van der Waals surface area contributed by atoms with E-state index in [0.29, 0.717) is 24.7 Å². The van der Waals surface area contributed by atoms with Crippen LogP contribution in [0.5, 0.6) is 11.5 Å². The summed E-state index contributed by atoms with van der Waals surface area (Å²) in [6.07, 6.45) is 0. The largest absolute Gasteiger partial charge is 0.486 e. The van der Waals surface area contributed by atoms with Crippen molar-refractivity contribution >= 4 is 40.7 Å². The molecule has 2 heterocycles. The molecule has 1 aromatic carbocycles. The number of benzene rings is 1. The van der Waals surface area contributed by atoms with Crippen LogP contribution < -0.4 is 20.5 Å². The Hall–Kier alpha value is -1.92. The number of fused-ring (bicyclic) bond motifs is 1. The summed E-state index contributed by atoms with van der Waals surface area (Å²) in [5, 5.41) is 3.22. The Kier molecular flexibility index (Phi) is 3.42. The maximum atomic E-state index is 5.85. The summed E-state index contributed by atoms with van der Waals surface area (Å²) in [5.41, 5.74) is 6.36. The molecular weight excluding hydrogens is 303 g/mol. The maximum absolute atomic E-state index is 5.85. The van der Waals surface area contributed by atoms with Crippen LogP contribution in [0.4, 0.5) is 17.5 Å². The van der Waals surface area contributed by atoms with Gasteiger partial charge in [0.25, 0.3) is 0 Å². The predicted octanol–water partition coefficient (Wildman–Crippen LogP) is 2.88.